The molecule has 0 bridgehead atoms. The first-order valence-corrected chi connectivity index (χ1v) is 4.70. The van der Waals surface area contributed by atoms with E-state index >= 15 is 0 Å². The van der Waals surface area contributed by atoms with Gasteiger partial charge in [-0.2, -0.15) is 0 Å². The van der Waals surface area contributed by atoms with Crippen LogP contribution in [-0.4, -0.2) is 20.5 Å². The third kappa shape index (κ3) is 2.15. The van der Waals surface area contributed by atoms with E-state index in [1.54, 1.807) is 4.57 Å². The molecule has 0 amide bonds. The van der Waals surface area contributed by atoms with E-state index in [9.17, 15) is 0 Å². The fourth-order valence-electron chi connectivity index (χ4n) is 0.611. The van der Waals surface area contributed by atoms with Crippen LogP contribution in [0.4, 0.5) is 5.95 Å². The summed E-state index contributed by atoms with van der Waals surface area (Å²) in [6, 6.07) is 0. The molecule has 0 saturated carbocycles. The Morgan fingerprint density at radius 2 is 2.42 bits per heavy atom. The Hall–Kier alpha value is -0.680. The number of rotatable bonds is 3. The quantitative estimate of drug-likeness (QED) is 0.753. The van der Waals surface area contributed by atoms with Gasteiger partial charge in [-0.05, 0) is 0 Å². The second-order valence-electron chi connectivity index (χ2n) is 2.07. The summed E-state index contributed by atoms with van der Waals surface area (Å²) in [5.41, 5.74) is 6.96. The molecule has 0 atom stereocenters. The number of hydrogen-bond donors (Lipinski definition) is 1. The van der Waals surface area contributed by atoms with Gasteiger partial charge in [-0.25, -0.2) is 0 Å². The lowest BCUT2D eigenvalue weighted by Crippen LogP contribution is -1.97. The fraction of sp³-hybridized carbons (Fsp3) is 0.333. The molecule has 1 aromatic heterocycles. The van der Waals surface area contributed by atoms with Crippen LogP contribution in [-0.2, 0) is 7.05 Å². The molecule has 1 heterocycles. The largest absolute Gasteiger partial charge is 0.368 e. The van der Waals surface area contributed by atoms with Crippen molar-refractivity contribution in [2.45, 2.75) is 5.16 Å². The molecule has 1 aromatic rings. The second kappa shape index (κ2) is 4.37. The van der Waals surface area contributed by atoms with E-state index in [0.29, 0.717) is 5.95 Å². The van der Waals surface area contributed by atoms with Crippen LogP contribution in [0.5, 0.6) is 0 Å². The number of aromatic nitrogens is 3. The normalized spacial score (nSPS) is 11.2. The maximum Gasteiger partial charge on any atom is 0.222 e. The topological polar surface area (TPSA) is 56.7 Å². The Labute approximate surface area is 79.8 Å². The van der Waals surface area contributed by atoms with Gasteiger partial charge >= 0.3 is 0 Å². The van der Waals surface area contributed by atoms with Gasteiger partial charge in [0.25, 0.3) is 0 Å². The molecule has 0 radical (unpaired) electrons. The van der Waals surface area contributed by atoms with E-state index in [0.717, 1.165) is 10.9 Å². The predicted molar refractivity (Wildman–Crippen MR) is 51.1 cm³/mol. The Bertz CT molecular complexity index is 283. The van der Waals surface area contributed by atoms with Crippen LogP contribution in [0.25, 0.3) is 0 Å². The lowest BCUT2D eigenvalue weighted by Gasteiger charge is -1.96. The first-order chi connectivity index (χ1) is 5.75. The summed E-state index contributed by atoms with van der Waals surface area (Å²) in [6.07, 6.45) is 1.83. The molecular weight excluding hydrogens is 196 g/mol. The summed E-state index contributed by atoms with van der Waals surface area (Å²) in [4.78, 5) is 0. The SMILES string of the molecule is Cn1c(N)nnc1SCC=CCl. The number of halogens is 1. The molecule has 0 aliphatic carbocycles. The third-order valence-electron chi connectivity index (χ3n) is 1.27. The van der Waals surface area contributed by atoms with E-state index < -0.39 is 0 Å². The standard InChI is InChI=1S/C6H9ClN4S/c1-11-5(8)9-10-6(11)12-4-2-3-7/h2-3H,4H2,1H3,(H2,8,9). The summed E-state index contributed by atoms with van der Waals surface area (Å²) in [5.74, 6) is 1.20. The number of thioether (sulfide) groups is 1. The summed E-state index contributed by atoms with van der Waals surface area (Å²) in [6.45, 7) is 0. The summed E-state index contributed by atoms with van der Waals surface area (Å²) >= 11 is 6.88. The Kier molecular flexibility index (Phi) is 3.43. The van der Waals surface area contributed by atoms with Gasteiger partial charge in [0, 0.05) is 18.3 Å². The van der Waals surface area contributed by atoms with Crippen LogP contribution >= 0.6 is 23.4 Å². The molecular formula is C6H9ClN4S. The first-order valence-electron chi connectivity index (χ1n) is 3.28. The van der Waals surface area contributed by atoms with E-state index in [-0.39, 0.29) is 0 Å². The zero-order chi connectivity index (χ0) is 8.97. The number of nitrogens with zero attached hydrogens (tertiary/aromatic N) is 3. The second-order valence-corrected chi connectivity index (χ2v) is 3.31. The predicted octanol–water partition coefficient (Wildman–Crippen LogP) is 1.24. The van der Waals surface area contributed by atoms with Crippen LogP contribution in [0.15, 0.2) is 16.8 Å². The molecule has 6 heteroatoms. The maximum absolute atomic E-state index is 5.48. The third-order valence-corrected chi connectivity index (χ3v) is 2.42. The molecule has 2 N–H and O–H groups in total. The van der Waals surface area contributed by atoms with Gasteiger partial charge in [0.1, 0.15) is 0 Å². The van der Waals surface area contributed by atoms with Crippen molar-refractivity contribution in [2.24, 2.45) is 7.05 Å². The fourth-order valence-corrected chi connectivity index (χ4v) is 1.53. The summed E-state index contributed by atoms with van der Waals surface area (Å²) < 4.78 is 1.73. The Balaban J connectivity index is 2.57. The van der Waals surface area contributed by atoms with Gasteiger partial charge in [0.05, 0.1) is 0 Å². The van der Waals surface area contributed by atoms with Crippen LogP contribution in [0, 0.1) is 0 Å². The van der Waals surface area contributed by atoms with E-state index in [1.165, 1.54) is 17.3 Å². The van der Waals surface area contributed by atoms with Crippen molar-refractivity contribution in [3.63, 3.8) is 0 Å². The van der Waals surface area contributed by atoms with Crippen LogP contribution in [0.2, 0.25) is 0 Å². The average molecular weight is 205 g/mol. The van der Waals surface area contributed by atoms with Crippen molar-refractivity contribution >= 4 is 29.3 Å². The minimum atomic E-state index is 0.423. The van der Waals surface area contributed by atoms with Crippen LogP contribution in [0.3, 0.4) is 0 Å². The van der Waals surface area contributed by atoms with Gasteiger partial charge in [0.15, 0.2) is 5.16 Å². The van der Waals surface area contributed by atoms with E-state index in [4.69, 9.17) is 17.3 Å². The molecule has 0 unspecified atom stereocenters. The smallest absolute Gasteiger partial charge is 0.222 e. The first kappa shape index (κ1) is 9.41. The monoisotopic (exact) mass is 204 g/mol. The molecule has 0 aromatic carbocycles. The molecule has 1 rings (SSSR count). The number of nitrogen functional groups attached to an aromatic ring is 1. The highest BCUT2D eigenvalue weighted by molar-refractivity contribution is 7.99. The van der Waals surface area contributed by atoms with E-state index in [1.807, 2.05) is 13.1 Å². The maximum atomic E-state index is 5.48. The van der Waals surface area contributed by atoms with Gasteiger partial charge in [-0.3, -0.25) is 4.57 Å². The van der Waals surface area contributed by atoms with E-state index in [2.05, 4.69) is 10.2 Å². The minimum Gasteiger partial charge on any atom is -0.368 e. The molecule has 0 spiro atoms. The summed E-state index contributed by atoms with van der Waals surface area (Å²) in [7, 11) is 1.82. The van der Waals surface area contributed by atoms with Crippen molar-refractivity contribution in [2.75, 3.05) is 11.5 Å². The molecule has 66 valence electrons. The minimum absolute atomic E-state index is 0.423. The highest BCUT2D eigenvalue weighted by Crippen LogP contribution is 2.15. The van der Waals surface area contributed by atoms with Gasteiger partial charge in [0.2, 0.25) is 5.95 Å². The van der Waals surface area contributed by atoms with Crippen molar-refractivity contribution < 1.29 is 0 Å². The Morgan fingerprint density at radius 3 is 2.92 bits per heavy atom. The van der Waals surface area contributed by atoms with Crippen molar-refractivity contribution in [3.8, 4) is 0 Å². The molecule has 0 aliphatic heterocycles. The average Bonchev–Trinajstić information content (AvgIpc) is 2.36. The summed E-state index contributed by atoms with van der Waals surface area (Å²) in [5, 5.41) is 8.36. The highest BCUT2D eigenvalue weighted by atomic mass is 35.5. The van der Waals surface area contributed by atoms with Gasteiger partial charge in [-0.1, -0.05) is 29.4 Å². The number of hydrogen-bond acceptors (Lipinski definition) is 4. The highest BCUT2D eigenvalue weighted by Gasteiger charge is 2.03. The van der Waals surface area contributed by atoms with Crippen molar-refractivity contribution in [3.05, 3.63) is 11.6 Å². The lowest BCUT2D eigenvalue weighted by molar-refractivity contribution is 0.797. The van der Waals surface area contributed by atoms with Crippen molar-refractivity contribution in [1.82, 2.24) is 14.8 Å². The van der Waals surface area contributed by atoms with Crippen LogP contribution in [0.1, 0.15) is 0 Å². The number of nitrogens with two attached hydrogens (primary N) is 1. The molecule has 4 nitrogen and oxygen atoms in total. The molecule has 12 heavy (non-hydrogen) atoms. The zero-order valence-corrected chi connectivity index (χ0v) is 8.14. The molecule has 0 aliphatic rings. The van der Waals surface area contributed by atoms with Gasteiger partial charge < -0.3 is 5.73 Å². The molecule has 0 fully saturated rings. The zero-order valence-electron chi connectivity index (χ0n) is 6.57. The Morgan fingerprint density at radius 1 is 1.67 bits per heavy atom. The molecule has 0 saturated heterocycles. The van der Waals surface area contributed by atoms with Crippen LogP contribution < -0.4 is 5.73 Å². The number of anilines is 1. The van der Waals surface area contributed by atoms with Crippen molar-refractivity contribution in [1.29, 1.82) is 0 Å². The lowest BCUT2D eigenvalue weighted by atomic mass is 10.8. The van der Waals surface area contributed by atoms with Gasteiger partial charge in [-0.15, -0.1) is 10.2 Å².